The molecular formula is C21H30N2O3. The zero-order chi connectivity index (χ0) is 19.1. The number of rotatable bonds is 9. The molecule has 1 N–H and O–H groups in total. The number of aromatic nitrogens is 1. The lowest BCUT2D eigenvalue weighted by Crippen LogP contribution is -2.29. The van der Waals surface area contributed by atoms with Crippen molar-refractivity contribution in [2.75, 3.05) is 19.7 Å². The van der Waals surface area contributed by atoms with Gasteiger partial charge in [-0.05, 0) is 57.5 Å². The first-order valence-electron chi connectivity index (χ1n) is 9.56. The molecule has 1 heterocycles. The molecule has 0 aliphatic carbocycles. The Bertz CT molecular complexity index is 805. The third-order valence-electron chi connectivity index (χ3n) is 4.45. The maximum atomic E-state index is 13.1. The Kier molecular flexibility index (Phi) is 7.39. The van der Waals surface area contributed by atoms with Crippen molar-refractivity contribution in [1.82, 2.24) is 9.88 Å². The number of aryl methyl sites for hydroxylation is 1. The molecule has 0 saturated carbocycles. The van der Waals surface area contributed by atoms with Crippen molar-refractivity contribution in [3.8, 4) is 0 Å². The molecule has 0 saturated heterocycles. The third-order valence-corrected chi connectivity index (χ3v) is 4.45. The van der Waals surface area contributed by atoms with Crippen LogP contribution in [0.2, 0.25) is 0 Å². The fourth-order valence-corrected chi connectivity index (χ4v) is 3.17. The number of benzene rings is 1. The van der Waals surface area contributed by atoms with Gasteiger partial charge in [-0.15, -0.1) is 0 Å². The van der Waals surface area contributed by atoms with Crippen molar-refractivity contribution in [2.45, 2.75) is 53.5 Å². The predicted molar refractivity (Wildman–Crippen MR) is 106 cm³/mol. The molecule has 2 aromatic rings. The van der Waals surface area contributed by atoms with Gasteiger partial charge in [0.25, 0.3) is 0 Å². The highest BCUT2D eigenvalue weighted by Gasteiger charge is 2.15. The lowest BCUT2D eigenvalue weighted by atomic mass is 10.1. The molecule has 0 unspecified atom stereocenters. The number of pyridine rings is 1. The minimum atomic E-state index is -0.381. The number of nitrogens with one attached hydrogen (secondary N) is 1. The zero-order valence-corrected chi connectivity index (χ0v) is 16.4. The van der Waals surface area contributed by atoms with E-state index < -0.39 is 0 Å². The molecule has 0 spiro atoms. The van der Waals surface area contributed by atoms with Gasteiger partial charge in [0, 0.05) is 28.7 Å². The Morgan fingerprint density at radius 3 is 2.42 bits per heavy atom. The second-order valence-corrected chi connectivity index (χ2v) is 6.73. The van der Waals surface area contributed by atoms with E-state index in [4.69, 9.17) is 4.74 Å². The summed E-state index contributed by atoms with van der Waals surface area (Å²) in [4.78, 5) is 30.8. The van der Waals surface area contributed by atoms with Crippen LogP contribution < -0.4 is 5.43 Å². The van der Waals surface area contributed by atoms with Gasteiger partial charge in [0.05, 0.1) is 12.2 Å². The molecule has 0 radical (unpaired) electrons. The van der Waals surface area contributed by atoms with Crippen molar-refractivity contribution >= 4 is 16.9 Å². The van der Waals surface area contributed by atoms with E-state index in [1.807, 2.05) is 13.8 Å². The molecule has 0 atom stereocenters. The summed E-state index contributed by atoms with van der Waals surface area (Å²) in [6, 6.07) is 5.14. The van der Waals surface area contributed by atoms with Crippen LogP contribution in [0.3, 0.4) is 0 Å². The fraction of sp³-hybridized carbons (Fsp3) is 0.524. The van der Waals surface area contributed by atoms with Crippen LogP contribution in [0.15, 0.2) is 23.0 Å². The van der Waals surface area contributed by atoms with Crippen LogP contribution in [0.4, 0.5) is 0 Å². The van der Waals surface area contributed by atoms with E-state index in [2.05, 4.69) is 23.7 Å². The molecule has 0 aliphatic heterocycles. The summed E-state index contributed by atoms with van der Waals surface area (Å²) >= 11 is 0. The normalized spacial score (nSPS) is 11.3. The molecule has 0 aliphatic rings. The first kappa shape index (κ1) is 20.2. The summed E-state index contributed by atoms with van der Waals surface area (Å²) in [6.45, 7) is 11.1. The van der Waals surface area contributed by atoms with E-state index in [1.165, 1.54) is 0 Å². The van der Waals surface area contributed by atoms with E-state index >= 15 is 0 Å². The number of esters is 1. The van der Waals surface area contributed by atoms with Gasteiger partial charge < -0.3 is 9.72 Å². The first-order valence-corrected chi connectivity index (χ1v) is 9.56. The molecule has 1 aromatic heterocycles. The fourth-order valence-electron chi connectivity index (χ4n) is 3.17. The van der Waals surface area contributed by atoms with Crippen LogP contribution in [-0.2, 0) is 11.3 Å². The van der Waals surface area contributed by atoms with Gasteiger partial charge >= 0.3 is 5.97 Å². The molecule has 26 heavy (non-hydrogen) atoms. The maximum Gasteiger partial charge on any atom is 0.338 e. The van der Waals surface area contributed by atoms with E-state index in [-0.39, 0.29) is 11.4 Å². The van der Waals surface area contributed by atoms with E-state index in [0.29, 0.717) is 24.1 Å². The van der Waals surface area contributed by atoms with Gasteiger partial charge in [0.1, 0.15) is 0 Å². The summed E-state index contributed by atoms with van der Waals surface area (Å²) in [7, 11) is 0. The van der Waals surface area contributed by atoms with E-state index in [1.54, 1.807) is 18.2 Å². The van der Waals surface area contributed by atoms with Gasteiger partial charge in [-0.2, -0.15) is 0 Å². The molecule has 1 aromatic carbocycles. The molecule has 5 heteroatoms. The van der Waals surface area contributed by atoms with Crippen LogP contribution in [0.5, 0.6) is 0 Å². The minimum Gasteiger partial charge on any atom is -0.462 e. The molecule has 0 fully saturated rings. The molecule has 2 rings (SSSR count). The number of H-pyrrole nitrogens is 1. The van der Waals surface area contributed by atoms with Gasteiger partial charge in [0.2, 0.25) is 0 Å². The van der Waals surface area contributed by atoms with Crippen molar-refractivity contribution in [2.24, 2.45) is 0 Å². The van der Waals surface area contributed by atoms with Gasteiger partial charge in [-0.3, -0.25) is 9.69 Å². The second-order valence-electron chi connectivity index (χ2n) is 6.73. The van der Waals surface area contributed by atoms with Gasteiger partial charge in [-0.25, -0.2) is 4.79 Å². The van der Waals surface area contributed by atoms with Crippen LogP contribution in [0, 0.1) is 6.92 Å². The summed E-state index contributed by atoms with van der Waals surface area (Å²) < 4.78 is 5.19. The number of carbonyl (C=O) groups is 1. The van der Waals surface area contributed by atoms with Crippen molar-refractivity contribution in [3.05, 3.63) is 45.2 Å². The molecule has 0 bridgehead atoms. The largest absolute Gasteiger partial charge is 0.462 e. The lowest BCUT2D eigenvalue weighted by molar-refractivity contribution is 0.0505. The van der Waals surface area contributed by atoms with Crippen LogP contribution in [-0.4, -0.2) is 35.5 Å². The van der Waals surface area contributed by atoms with Crippen molar-refractivity contribution in [1.29, 1.82) is 0 Å². The Morgan fingerprint density at radius 1 is 1.12 bits per heavy atom. The Morgan fingerprint density at radius 2 is 1.81 bits per heavy atom. The maximum absolute atomic E-state index is 13.1. The Labute approximate surface area is 155 Å². The highest BCUT2D eigenvalue weighted by Crippen LogP contribution is 2.16. The number of ether oxygens (including phenoxy) is 1. The minimum absolute atomic E-state index is 0.00130. The van der Waals surface area contributed by atoms with Crippen LogP contribution >= 0.6 is 0 Å². The smallest absolute Gasteiger partial charge is 0.338 e. The molecular weight excluding hydrogens is 328 g/mol. The van der Waals surface area contributed by atoms with E-state index in [0.717, 1.165) is 49.1 Å². The SMILES string of the molecule is CCCOC(=O)c1ccc2[nH]c(C)c(CN(CCC)CCC)c(=O)c2c1. The number of carbonyl (C=O) groups excluding carboxylic acids is 1. The quantitative estimate of drug-likeness (QED) is 0.688. The van der Waals surface area contributed by atoms with Crippen LogP contribution in [0.25, 0.3) is 10.9 Å². The highest BCUT2D eigenvalue weighted by molar-refractivity contribution is 5.94. The average Bonchev–Trinajstić information content (AvgIpc) is 2.63. The molecule has 0 amide bonds. The Balaban J connectivity index is 2.42. The van der Waals surface area contributed by atoms with Crippen LogP contribution in [0.1, 0.15) is 61.6 Å². The zero-order valence-electron chi connectivity index (χ0n) is 16.4. The Hall–Kier alpha value is -2.14. The molecule has 5 nitrogen and oxygen atoms in total. The van der Waals surface area contributed by atoms with Crippen molar-refractivity contribution < 1.29 is 9.53 Å². The average molecular weight is 358 g/mol. The summed E-state index contributed by atoms with van der Waals surface area (Å²) in [5, 5.41) is 0.546. The first-order chi connectivity index (χ1) is 12.5. The summed E-state index contributed by atoms with van der Waals surface area (Å²) in [5.74, 6) is -0.381. The van der Waals surface area contributed by atoms with E-state index in [9.17, 15) is 9.59 Å². The number of fused-ring (bicyclic) bond motifs is 1. The lowest BCUT2D eigenvalue weighted by Gasteiger charge is -2.21. The topological polar surface area (TPSA) is 62.4 Å². The third kappa shape index (κ3) is 4.73. The number of hydrogen-bond donors (Lipinski definition) is 1. The second kappa shape index (κ2) is 9.53. The predicted octanol–water partition coefficient (Wildman–Crippen LogP) is 4.03. The van der Waals surface area contributed by atoms with Gasteiger partial charge in [0.15, 0.2) is 5.43 Å². The summed E-state index contributed by atoms with van der Waals surface area (Å²) in [5.41, 5.74) is 2.84. The number of aromatic amines is 1. The summed E-state index contributed by atoms with van der Waals surface area (Å²) in [6.07, 6.45) is 2.88. The monoisotopic (exact) mass is 358 g/mol. The van der Waals surface area contributed by atoms with Gasteiger partial charge in [-0.1, -0.05) is 20.8 Å². The highest BCUT2D eigenvalue weighted by atomic mass is 16.5. The van der Waals surface area contributed by atoms with Crippen molar-refractivity contribution in [3.63, 3.8) is 0 Å². The number of hydrogen-bond acceptors (Lipinski definition) is 4. The number of nitrogens with zero attached hydrogens (tertiary/aromatic N) is 1. The molecule has 142 valence electrons. The standard InChI is InChI=1S/C21H30N2O3/c1-5-10-23(11-6-2)14-18-15(4)22-19-9-8-16(13-17(19)20(18)24)21(25)26-12-7-3/h8-9,13H,5-7,10-12,14H2,1-4H3,(H,22,24).